The van der Waals surface area contributed by atoms with Crippen molar-refractivity contribution in [3.8, 4) is 5.75 Å². The normalized spacial score (nSPS) is 21.7. The molecule has 3 heterocycles. The van der Waals surface area contributed by atoms with Crippen molar-refractivity contribution in [1.82, 2.24) is 14.8 Å². The Morgan fingerprint density at radius 2 is 1.86 bits per heavy atom. The molecule has 0 radical (unpaired) electrons. The summed E-state index contributed by atoms with van der Waals surface area (Å²) >= 11 is 0. The van der Waals surface area contributed by atoms with Gasteiger partial charge >= 0.3 is 0 Å². The number of amides is 1. The molecule has 6 heteroatoms. The lowest BCUT2D eigenvalue weighted by Gasteiger charge is -2.30. The van der Waals surface area contributed by atoms with Crippen molar-refractivity contribution >= 4 is 16.8 Å². The Labute approximate surface area is 166 Å². The minimum Gasteiger partial charge on any atom is -0.489 e. The molecule has 1 unspecified atom stereocenters. The van der Waals surface area contributed by atoms with Crippen molar-refractivity contribution in [3.05, 3.63) is 30.0 Å². The zero-order chi connectivity index (χ0) is 19.7. The fourth-order valence-electron chi connectivity index (χ4n) is 4.27. The predicted octanol–water partition coefficient (Wildman–Crippen LogP) is 3.28. The Morgan fingerprint density at radius 1 is 1.11 bits per heavy atom. The van der Waals surface area contributed by atoms with Gasteiger partial charge in [0.2, 0.25) is 0 Å². The molecular formula is C22H31N3O3. The molecule has 0 saturated carbocycles. The highest BCUT2D eigenvalue weighted by Gasteiger charge is 2.26. The molecule has 1 aromatic carbocycles. The van der Waals surface area contributed by atoms with Gasteiger partial charge in [-0.1, -0.05) is 0 Å². The van der Waals surface area contributed by atoms with Crippen LogP contribution in [-0.4, -0.2) is 72.2 Å². The molecule has 152 valence electrons. The van der Waals surface area contributed by atoms with E-state index in [0.29, 0.717) is 11.7 Å². The number of nitrogens with zero attached hydrogens (tertiary/aromatic N) is 2. The minimum absolute atomic E-state index is 0.0663. The molecule has 0 bridgehead atoms. The van der Waals surface area contributed by atoms with Crippen LogP contribution in [-0.2, 0) is 4.74 Å². The summed E-state index contributed by atoms with van der Waals surface area (Å²) in [5.74, 6) is 0.932. The maximum atomic E-state index is 12.8. The third kappa shape index (κ3) is 4.03. The predicted molar refractivity (Wildman–Crippen MR) is 110 cm³/mol. The van der Waals surface area contributed by atoms with E-state index in [1.807, 2.05) is 29.2 Å². The molecule has 2 saturated heterocycles. The lowest BCUT2D eigenvalue weighted by atomic mass is 10.1. The second-order valence-corrected chi connectivity index (χ2v) is 8.28. The van der Waals surface area contributed by atoms with Crippen molar-refractivity contribution in [2.45, 2.75) is 51.4 Å². The van der Waals surface area contributed by atoms with Crippen molar-refractivity contribution in [3.63, 3.8) is 0 Å². The molecule has 2 aliphatic rings. The highest BCUT2D eigenvalue weighted by molar-refractivity contribution is 5.98. The SMILES string of the molecule is COC1CCN(C(=O)c2cc3ccc(OC4CCN(C(C)C)C4)cc3[nH]2)CC1. The maximum Gasteiger partial charge on any atom is 0.270 e. The molecule has 6 nitrogen and oxygen atoms in total. The first-order valence-electron chi connectivity index (χ1n) is 10.4. The van der Waals surface area contributed by atoms with Crippen LogP contribution in [0.15, 0.2) is 24.3 Å². The van der Waals surface area contributed by atoms with Crippen molar-refractivity contribution in [2.24, 2.45) is 0 Å². The largest absolute Gasteiger partial charge is 0.489 e. The lowest BCUT2D eigenvalue weighted by Crippen LogP contribution is -2.40. The number of hydrogen-bond acceptors (Lipinski definition) is 4. The zero-order valence-electron chi connectivity index (χ0n) is 17.1. The van der Waals surface area contributed by atoms with E-state index < -0.39 is 0 Å². The van der Waals surface area contributed by atoms with Gasteiger partial charge in [-0.15, -0.1) is 0 Å². The van der Waals surface area contributed by atoms with Crippen molar-refractivity contribution < 1.29 is 14.3 Å². The molecule has 2 fully saturated rings. The van der Waals surface area contributed by atoms with Gasteiger partial charge in [-0.25, -0.2) is 0 Å². The van der Waals surface area contributed by atoms with E-state index in [2.05, 4.69) is 23.7 Å². The minimum atomic E-state index is 0.0663. The number of methoxy groups -OCH3 is 1. The number of fused-ring (bicyclic) bond motifs is 1. The average Bonchev–Trinajstić information content (AvgIpc) is 3.34. The molecule has 1 amide bonds. The summed E-state index contributed by atoms with van der Waals surface area (Å²) in [6, 6.07) is 8.56. The van der Waals surface area contributed by atoms with Crippen LogP contribution in [0.5, 0.6) is 5.75 Å². The summed E-state index contributed by atoms with van der Waals surface area (Å²) in [6.45, 7) is 8.00. The van der Waals surface area contributed by atoms with Gasteiger partial charge in [0.25, 0.3) is 5.91 Å². The summed E-state index contributed by atoms with van der Waals surface area (Å²) in [5, 5.41) is 1.04. The van der Waals surface area contributed by atoms with E-state index >= 15 is 0 Å². The molecule has 1 atom stereocenters. The van der Waals surface area contributed by atoms with Crippen LogP contribution >= 0.6 is 0 Å². The number of benzene rings is 1. The Morgan fingerprint density at radius 3 is 2.54 bits per heavy atom. The zero-order valence-corrected chi connectivity index (χ0v) is 17.1. The number of aromatic amines is 1. The van der Waals surface area contributed by atoms with Crippen LogP contribution in [0.25, 0.3) is 10.9 Å². The van der Waals surface area contributed by atoms with E-state index in [9.17, 15) is 4.79 Å². The Bertz CT molecular complexity index is 824. The van der Waals surface area contributed by atoms with Gasteiger partial charge in [-0.2, -0.15) is 0 Å². The highest BCUT2D eigenvalue weighted by Crippen LogP contribution is 2.26. The highest BCUT2D eigenvalue weighted by atomic mass is 16.5. The summed E-state index contributed by atoms with van der Waals surface area (Å²) < 4.78 is 11.6. The van der Waals surface area contributed by atoms with E-state index in [0.717, 1.165) is 62.1 Å². The third-order valence-electron chi connectivity index (χ3n) is 6.10. The number of H-pyrrole nitrogens is 1. The quantitative estimate of drug-likeness (QED) is 0.858. The first-order chi connectivity index (χ1) is 13.5. The van der Waals surface area contributed by atoms with Gasteiger partial charge in [-0.05, 0) is 51.3 Å². The topological polar surface area (TPSA) is 57.8 Å². The van der Waals surface area contributed by atoms with Gasteiger partial charge < -0.3 is 19.4 Å². The molecule has 1 aromatic heterocycles. The van der Waals surface area contributed by atoms with Crippen molar-refractivity contribution in [1.29, 1.82) is 0 Å². The molecule has 1 N–H and O–H groups in total. The number of carbonyl (C=O) groups is 1. The second kappa shape index (κ2) is 8.13. The van der Waals surface area contributed by atoms with Crippen molar-refractivity contribution in [2.75, 3.05) is 33.3 Å². The van der Waals surface area contributed by atoms with E-state index in [4.69, 9.17) is 9.47 Å². The summed E-state index contributed by atoms with van der Waals surface area (Å²) in [7, 11) is 1.74. The van der Waals surface area contributed by atoms with Crippen LogP contribution in [0.2, 0.25) is 0 Å². The molecular weight excluding hydrogens is 354 g/mol. The molecule has 0 aliphatic carbocycles. The van der Waals surface area contributed by atoms with Gasteiger partial charge in [0.05, 0.1) is 6.10 Å². The first kappa shape index (κ1) is 19.3. The van der Waals surface area contributed by atoms with Crippen LogP contribution in [0.1, 0.15) is 43.6 Å². The third-order valence-corrected chi connectivity index (χ3v) is 6.10. The summed E-state index contributed by atoms with van der Waals surface area (Å²) in [4.78, 5) is 20.5. The van der Waals surface area contributed by atoms with Gasteiger partial charge in [0, 0.05) is 56.3 Å². The standard InChI is InChI=1S/C22H31N3O3/c1-15(2)25-11-8-19(14-25)28-18-5-4-16-12-21(23-20(16)13-18)22(26)24-9-6-17(27-3)7-10-24/h4-5,12-13,15,17,19,23H,6-11,14H2,1-3H3. The monoisotopic (exact) mass is 385 g/mol. The molecule has 4 rings (SSSR count). The molecule has 0 spiro atoms. The number of rotatable bonds is 5. The summed E-state index contributed by atoms with van der Waals surface area (Å²) in [6.07, 6.45) is 3.36. The summed E-state index contributed by atoms with van der Waals surface area (Å²) in [5.41, 5.74) is 1.60. The van der Waals surface area contributed by atoms with Crippen LogP contribution in [0.3, 0.4) is 0 Å². The fourth-order valence-corrected chi connectivity index (χ4v) is 4.27. The Balaban J connectivity index is 1.43. The second-order valence-electron chi connectivity index (χ2n) is 8.28. The maximum absolute atomic E-state index is 12.8. The first-order valence-corrected chi connectivity index (χ1v) is 10.4. The fraction of sp³-hybridized carbons (Fsp3) is 0.591. The average molecular weight is 386 g/mol. The van der Waals surface area contributed by atoms with Crippen LogP contribution < -0.4 is 4.74 Å². The van der Waals surface area contributed by atoms with E-state index in [1.54, 1.807) is 7.11 Å². The smallest absolute Gasteiger partial charge is 0.270 e. The van der Waals surface area contributed by atoms with Gasteiger partial charge in [0.1, 0.15) is 17.5 Å². The van der Waals surface area contributed by atoms with Crippen LogP contribution in [0, 0.1) is 0 Å². The lowest BCUT2D eigenvalue weighted by molar-refractivity contribution is 0.0348. The number of aromatic nitrogens is 1. The number of nitrogens with one attached hydrogen (secondary N) is 1. The number of hydrogen-bond donors (Lipinski definition) is 1. The number of piperidine rings is 1. The molecule has 2 aromatic rings. The van der Waals surface area contributed by atoms with Crippen LogP contribution in [0.4, 0.5) is 0 Å². The molecule has 28 heavy (non-hydrogen) atoms. The van der Waals surface area contributed by atoms with E-state index in [-0.39, 0.29) is 18.1 Å². The number of carbonyl (C=O) groups excluding carboxylic acids is 1. The molecule has 2 aliphatic heterocycles. The van der Waals surface area contributed by atoms with E-state index in [1.165, 1.54) is 0 Å². The Hall–Kier alpha value is -2.05. The van der Waals surface area contributed by atoms with Gasteiger partial charge in [0.15, 0.2) is 0 Å². The van der Waals surface area contributed by atoms with Gasteiger partial charge in [-0.3, -0.25) is 9.69 Å². The number of likely N-dealkylation sites (tertiary alicyclic amines) is 2. The number of ether oxygens (including phenoxy) is 2. The Kier molecular flexibility index (Phi) is 5.60.